The normalized spacial score (nSPS) is 18.8. The fraction of sp³-hybridized carbons (Fsp3) is 0.650. The highest BCUT2D eigenvalue weighted by molar-refractivity contribution is 5.80. The van der Waals surface area contributed by atoms with Crippen LogP contribution in [-0.4, -0.2) is 91.0 Å². The molecule has 27 heavy (non-hydrogen) atoms. The minimum atomic E-state index is 0.288. The van der Waals surface area contributed by atoms with Gasteiger partial charge in [0.25, 0.3) is 0 Å². The van der Waals surface area contributed by atoms with Gasteiger partial charge in [-0.25, -0.2) is 0 Å². The molecule has 0 aromatic carbocycles. The number of likely N-dealkylation sites (tertiary alicyclic amines) is 1. The first-order valence-electron chi connectivity index (χ1n) is 10.0. The summed E-state index contributed by atoms with van der Waals surface area (Å²) in [6, 6.07) is 2.08. The van der Waals surface area contributed by atoms with Crippen LogP contribution in [0.15, 0.2) is 23.5 Å². The van der Waals surface area contributed by atoms with E-state index in [2.05, 4.69) is 38.1 Å². The van der Waals surface area contributed by atoms with Crippen molar-refractivity contribution in [2.24, 2.45) is 4.99 Å². The SMILES string of the molecule is CN=C(NCCc1ccncc1C)N1CCN(CC(=O)N2CCCC2)CC1. The van der Waals surface area contributed by atoms with Crippen molar-refractivity contribution in [3.05, 3.63) is 29.6 Å². The summed E-state index contributed by atoms with van der Waals surface area (Å²) in [5.41, 5.74) is 2.55. The molecule has 2 saturated heterocycles. The van der Waals surface area contributed by atoms with Crippen LogP contribution in [0.25, 0.3) is 0 Å². The number of hydrogen-bond donors (Lipinski definition) is 1. The Bertz CT molecular complexity index is 648. The number of amides is 1. The molecule has 3 heterocycles. The van der Waals surface area contributed by atoms with Gasteiger partial charge in [0.15, 0.2) is 5.96 Å². The van der Waals surface area contributed by atoms with Crippen LogP contribution in [0.3, 0.4) is 0 Å². The molecule has 0 radical (unpaired) electrons. The molecular formula is C20H32N6O. The van der Waals surface area contributed by atoms with E-state index in [-0.39, 0.29) is 5.91 Å². The number of pyridine rings is 1. The molecule has 7 nitrogen and oxygen atoms in total. The van der Waals surface area contributed by atoms with E-state index in [4.69, 9.17) is 0 Å². The van der Waals surface area contributed by atoms with E-state index in [9.17, 15) is 4.79 Å². The number of carbonyl (C=O) groups is 1. The highest BCUT2D eigenvalue weighted by Crippen LogP contribution is 2.10. The zero-order valence-electron chi connectivity index (χ0n) is 16.7. The van der Waals surface area contributed by atoms with Gasteiger partial charge in [0.05, 0.1) is 6.54 Å². The monoisotopic (exact) mass is 372 g/mol. The lowest BCUT2D eigenvalue weighted by atomic mass is 10.1. The smallest absolute Gasteiger partial charge is 0.236 e. The molecule has 0 bridgehead atoms. The average molecular weight is 373 g/mol. The molecule has 0 spiro atoms. The summed E-state index contributed by atoms with van der Waals surface area (Å²) in [5, 5.41) is 3.48. The Hall–Kier alpha value is -2.15. The van der Waals surface area contributed by atoms with Crippen molar-refractivity contribution >= 4 is 11.9 Å². The lowest BCUT2D eigenvalue weighted by Gasteiger charge is -2.36. The molecule has 1 N–H and O–H groups in total. The minimum Gasteiger partial charge on any atom is -0.356 e. The van der Waals surface area contributed by atoms with E-state index >= 15 is 0 Å². The van der Waals surface area contributed by atoms with Gasteiger partial charge in [-0.2, -0.15) is 0 Å². The third-order valence-corrected chi connectivity index (χ3v) is 5.52. The van der Waals surface area contributed by atoms with Crippen molar-refractivity contribution in [2.75, 3.05) is 59.4 Å². The molecule has 1 aromatic heterocycles. The van der Waals surface area contributed by atoms with Gasteiger partial charge < -0.3 is 15.1 Å². The zero-order valence-corrected chi connectivity index (χ0v) is 16.7. The van der Waals surface area contributed by atoms with Gasteiger partial charge in [0.2, 0.25) is 5.91 Å². The number of nitrogens with zero attached hydrogens (tertiary/aromatic N) is 5. The first-order valence-corrected chi connectivity index (χ1v) is 10.0. The Balaban J connectivity index is 1.40. The maximum atomic E-state index is 12.3. The van der Waals surface area contributed by atoms with Gasteiger partial charge in [-0.15, -0.1) is 0 Å². The number of aliphatic imine (C=N–C) groups is 1. The molecule has 0 atom stereocenters. The van der Waals surface area contributed by atoms with Gasteiger partial charge in [0.1, 0.15) is 0 Å². The third kappa shape index (κ3) is 5.42. The van der Waals surface area contributed by atoms with Gasteiger partial charge in [0, 0.05) is 65.3 Å². The summed E-state index contributed by atoms with van der Waals surface area (Å²) in [4.78, 5) is 27.5. The van der Waals surface area contributed by atoms with Crippen LogP contribution in [0, 0.1) is 6.92 Å². The number of guanidine groups is 1. The van der Waals surface area contributed by atoms with E-state index < -0.39 is 0 Å². The van der Waals surface area contributed by atoms with Crippen molar-refractivity contribution in [3.8, 4) is 0 Å². The van der Waals surface area contributed by atoms with E-state index in [1.807, 2.05) is 24.3 Å². The standard InChI is InChI=1S/C20H32N6O/c1-17-15-22-7-5-18(17)6-8-23-20(21-2)26-13-11-24(12-14-26)16-19(27)25-9-3-4-10-25/h5,7,15H,3-4,6,8-14,16H2,1-2H3,(H,21,23). The van der Waals surface area contributed by atoms with Crippen LogP contribution >= 0.6 is 0 Å². The number of aromatic nitrogens is 1. The summed E-state index contributed by atoms with van der Waals surface area (Å²) >= 11 is 0. The van der Waals surface area contributed by atoms with Crippen molar-refractivity contribution in [1.82, 2.24) is 25.0 Å². The second-order valence-corrected chi connectivity index (χ2v) is 7.38. The Morgan fingerprint density at radius 1 is 1.15 bits per heavy atom. The molecule has 3 rings (SSSR count). The fourth-order valence-electron chi connectivity index (χ4n) is 3.80. The number of carbonyl (C=O) groups excluding carboxylic acids is 1. The van der Waals surface area contributed by atoms with E-state index in [0.717, 1.165) is 71.0 Å². The van der Waals surface area contributed by atoms with Gasteiger partial charge in [-0.3, -0.25) is 19.7 Å². The summed E-state index contributed by atoms with van der Waals surface area (Å²) in [5.74, 6) is 1.24. The lowest BCUT2D eigenvalue weighted by Crippen LogP contribution is -2.54. The van der Waals surface area contributed by atoms with Crippen LogP contribution in [0.2, 0.25) is 0 Å². The quantitative estimate of drug-likeness (QED) is 0.610. The van der Waals surface area contributed by atoms with Crippen LogP contribution in [-0.2, 0) is 11.2 Å². The van der Waals surface area contributed by atoms with E-state index in [1.165, 1.54) is 11.1 Å². The molecule has 2 aliphatic heterocycles. The molecule has 1 aromatic rings. The predicted molar refractivity (Wildman–Crippen MR) is 108 cm³/mol. The number of aryl methyl sites for hydroxylation is 1. The summed E-state index contributed by atoms with van der Waals surface area (Å²) in [6.45, 7) is 9.00. The molecule has 1 amide bonds. The topological polar surface area (TPSA) is 64.1 Å². The Labute approximate surface area is 162 Å². The summed E-state index contributed by atoms with van der Waals surface area (Å²) < 4.78 is 0. The highest BCUT2D eigenvalue weighted by atomic mass is 16.2. The van der Waals surface area contributed by atoms with Crippen molar-refractivity contribution in [1.29, 1.82) is 0 Å². The van der Waals surface area contributed by atoms with Crippen molar-refractivity contribution in [2.45, 2.75) is 26.2 Å². The van der Waals surface area contributed by atoms with Gasteiger partial charge >= 0.3 is 0 Å². The largest absolute Gasteiger partial charge is 0.356 e. The molecule has 0 unspecified atom stereocenters. The van der Waals surface area contributed by atoms with Crippen LogP contribution < -0.4 is 5.32 Å². The third-order valence-electron chi connectivity index (χ3n) is 5.52. The number of hydrogen-bond acceptors (Lipinski definition) is 4. The van der Waals surface area contributed by atoms with Crippen LogP contribution in [0.4, 0.5) is 0 Å². The Morgan fingerprint density at radius 2 is 1.89 bits per heavy atom. The van der Waals surface area contributed by atoms with Crippen LogP contribution in [0.5, 0.6) is 0 Å². The van der Waals surface area contributed by atoms with E-state index in [0.29, 0.717) is 6.54 Å². The van der Waals surface area contributed by atoms with E-state index in [1.54, 1.807) is 0 Å². The van der Waals surface area contributed by atoms with Gasteiger partial charge in [-0.1, -0.05) is 0 Å². The second kappa shape index (κ2) is 9.69. The summed E-state index contributed by atoms with van der Waals surface area (Å²) in [6.07, 6.45) is 7.02. The van der Waals surface area contributed by atoms with Crippen molar-refractivity contribution < 1.29 is 4.79 Å². The first-order chi connectivity index (χ1) is 13.2. The number of nitrogens with one attached hydrogen (secondary N) is 1. The first kappa shape index (κ1) is 19.6. The number of rotatable bonds is 5. The molecule has 2 aliphatic rings. The molecule has 7 heteroatoms. The molecule has 148 valence electrons. The molecule has 0 aliphatic carbocycles. The van der Waals surface area contributed by atoms with Gasteiger partial charge in [-0.05, 0) is 43.4 Å². The summed E-state index contributed by atoms with van der Waals surface area (Å²) in [7, 11) is 1.84. The predicted octanol–water partition coefficient (Wildman–Crippen LogP) is 0.748. The Morgan fingerprint density at radius 3 is 2.56 bits per heavy atom. The van der Waals surface area contributed by atoms with Crippen molar-refractivity contribution in [3.63, 3.8) is 0 Å². The average Bonchev–Trinajstić information content (AvgIpc) is 3.22. The maximum absolute atomic E-state index is 12.3. The lowest BCUT2D eigenvalue weighted by molar-refractivity contribution is -0.131. The second-order valence-electron chi connectivity index (χ2n) is 7.38. The molecule has 0 saturated carbocycles. The minimum absolute atomic E-state index is 0.288. The highest BCUT2D eigenvalue weighted by Gasteiger charge is 2.24. The zero-order chi connectivity index (χ0) is 19.1. The fourth-order valence-corrected chi connectivity index (χ4v) is 3.80. The van der Waals surface area contributed by atoms with Crippen LogP contribution in [0.1, 0.15) is 24.0 Å². The molecular weight excluding hydrogens is 340 g/mol. The number of piperazine rings is 1. The maximum Gasteiger partial charge on any atom is 0.236 e. The Kier molecular flexibility index (Phi) is 7.04. The molecule has 2 fully saturated rings.